The molecule has 0 atom stereocenters. The summed E-state index contributed by atoms with van der Waals surface area (Å²) in [4.78, 5) is 9.87. The van der Waals surface area contributed by atoms with Crippen LogP contribution >= 0.6 is 12.0 Å². The number of rotatable bonds is 4. The summed E-state index contributed by atoms with van der Waals surface area (Å²) in [6, 6.07) is 0. The third kappa shape index (κ3) is 19.5. The number of carbonyl (C=O) groups is 1. The molecule has 0 saturated heterocycles. The minimum atomic E-state index is -0.367. The van der Waals surface area contributed by atoms with Crippen molar-refractivity contribution >= 4 is 18.5 Å². The maximum Gasteiger partial charge on any atom is 1.00 e. The van der Waals surface area contributed by atoms with Crippen LogP contribution in [0.3, 0.4) is 0 Å². The Morgan fingerprint density at radius 2 is 2.00 bits per heavy atom. The summed E-state index contributed by atoms with van der Waals surface area (Å²) < 4.78 is 9.98. The van der Waals surface area contributed by atoms with Crippen molar-refractivity contribution in [2.45, 2.75) is 26.3 Å². The van der Waals surface area contributed by atoms with E-state index in [1.54, 1.807) is 19.9 Å². The fourth-order valence-corrected chi connectivity index (χ4v) is 0.726. The third-order valence-electron chi connectivity index (χ3n) is 0.869. The molecule has 0 heterocycles. The van der Waals surface area contributed by atoms with E-state index in [0.29, 0.717) is 24.2 Å². The molecule has 0 aliphatic heterocycles. The van der Waals surface area contributed by atoms with Gasteiger partial charge in [0.15, 0.2) is 0 Å². The molecule has 0 spiro atoms. The zero-order valence-electron chi connectivity index (χ0n) is 8.79. The van der Waals surface area contributed by atoms with Crippen LogP contribution in [0.25, 0.3) is 0 Å². The van der Waals surface area contributed by atoms with E-state index < -0.39 is 0 Å². The second-order valence-corrected chi connectivity index (χ2v) is 3.34. The van der Waals surface area contributed by atoms with Crippen LogP contribution in [0.2, 0.25) is 0 Å². The van der Waals surface area contributed by atoms with Crippen molar-refractivity contribution in [1.29, 1.82) is 0 Å². The Kier molecular flexibility index (Phi) is 19.9. The zero-order chi connectivity index (χ0) is 10.0. The molecule has 0 bridgehead atoms. The van der Waals surface area contributed by atoms with Gasteiger partial charge in [-0.2, -0.15) is 0 Å². The smallest absolute Gasteiger partial charge is 0.799 e. The first-order valence-corrected chi connectivity index (χ1v) is 4.48. The van der Waals surface area contributed by atoms with Gasteiger partial charge < -0.3 is 9.87 Å². The Labute approximate surface area is 127 Å². The summed E-state index contributed by atoms with van der Waals surface area (Å²) in [5, 5.41) is 2.52. The summed E-state index contributed by atoms with van der Waals surface area (Å²) in [7, 11) is 0. The predicted octanol–water partition coefficient (Wildman–Crippen LogP) is -1.43. The number of allylic oxidation sites excluding steroid dienone is 1. The van der Waals surface area contributed by atoms with Gasteiger partial charge in [-0.05, 0) is 20.8 Å². The van der Waals surface area contributed by atoms with Crippen molar-refractivity contribution in [3.05, 3.63) is 12.7 Å². The van der Waals surface area contributed by atoms with Crippen molar-refractivity contribution in [3.63, 3.8) is 0 Å². The average molecular weight is 229 g/mol. The molecule has 0 aromatic rings. The van der Waals surface area contributed by atoms with Gasteiger partial charge in [0.05, 0.1) is 0 Å². The van der Waals surface area contributed by atoms with E-state index in [1.165, 1.54) is 0 Å². The minimum Gasteiger partial charge on any atom is -0.799 e. The summed E-state index contributed by atoms with van der Waals surface area (Å²) >= 11 is 0.477. The summed E-state index contributed by atoms with van der Waals surface area (Å²) in [5.74, 6) is 0.395. The molecular weight excluding hydrogens is 213 g/mol. The number of carbonyl (C=O) groups excluding carboxylic acids is 1. The first-order valence-electron chi connectivity index (χ1n) is 3.57. The molecule has 1 N–H and O–H groups in total. The van der Waals surface area contributed by atoms with Gasteiger partial charge >= 0.3 is 51.4 Å². The Bertz CT molecular complexity index is 131. The SMILES string of the molecule is C=CC.CC(C)(CS[O-])NC=O.[K+]. The van der Waals surface area contributed by atoms with E-state index in [0.717, 1.165) is 0 Å². The number of hydrogen-bond acceptors (Lipinski definition) is 3. The molecule has 0 unspecified atom stereocenters. The molecule has 0 aromatic heterocycles. The monoisotopic (exact) mass is 229 g/mol. The van der Waals surface area contributed by atoms with Gasteiger partial charge in [0, 0.05) is 11.3 Å². The second-order valence-electron chi connectivity index (χ2n) is 2.82. The molecule has 1 amide bonds. The normalized spacial score (nSPS) is 8.62. The van der Waals surface area contributed by atoms with Crippen LogP contribution in [0.4, 0.5) is 0 Å². The van der Waals surface area contributed by atoms with Gasteiger partial charge in [-0.1, -0.05) is 6.08 Å². The maximum absolute atomic E-state index is 9.98. The molecule has 0 aliphatic rings. The van der Waals surface area contributed by atoms with Gasteiger partial charge in [0.2, 0.25) is 6.41 Å². The van der Waals surface area contributed by atoms with Crippen molar-refractivity contribution in [2.75, 3.05) is 5.75 Å². The molecule has 0 fully saturated rings. The fraction of sp³-hybridized carbons (Fsp3) is 0.625. The van der Waals surface area contributed by atoms with Crippen LogP contribution in [0.1, 0.15) is 20.8 Å². The second kappa shape index (κ2) is 13.2. The quantitative estimate of drug-likeness (QED) is 0.278. The molecule has 0 rings (SSSR count). The number of hydrogen-bond donors (Lipinski definition) is 1. The van der Waals surface area contributed by atoms with Crippen LogP contribution in [0, 0.1) is 0 Å². The van der Waals surface area contributed by atoms with Crippen molar-refractivity contribution < 1.29 is 60.7 Å². The number of amides is 1. The van der Waals surface area contributed by atoms with E-state index in [4.69, 9.17) is 0 Å². The molecular formula is C8H16KNO2S. The summed E-state index contributed by atoms with van der Waals surface area (Å²) in [6.07, 6.45) is 2.36. The molecule has 72 valence electrons. The Hall–Kier alpha value is 1.16. The van der Waals surface area contributed by atoms with Crippen LogP contribution in [0.5, 0.6) is 0 Å². The largest absolute Gasteiger partial charge is 1.00 e. The average Bonchev–Trinajstić information content (AvgIpc) is 1.88. The molecule has 5 heteroatoms. The van der Waals surface area contributed by atoms with Gasteiger partial charge in [-0.3, -0.25) is 16.8 Å². The standard InChI is InChI=1S/C5H11NO2S.C3H6.K/c1-5(2,3-9-8)6-4-7;1-3-2;/h4,8H,3H2,1-2H3,(H,6,7);3H,1H2,2H3;/q;;+1/p-1. The molecule has 13 heavy (non-hydrogen) atoms. The number of nitrogens with one attached hydrogen (secondary N) is 1. The summed E-state index contributed by atoms with van der Waals surface area (Å²) in [5.41, 5.74) is -0.367. The van der Waals surface area contributed by atoms with Gasteiger partial charge in [0.1, 0.15) is 0 Å². The maximum atomic E-state index is 9.98. The fourth-order valence-electron chi connectivity index (χ4n) is 0.348. The topological polar surface area (TPSA) is 52.2 Å². The van der Waals surface area contributed by atoms with E-state index in [-0.39, 0.29) is 56.9 Å². The van der Waals surface area contributed by atoms with Crippen molar-refractivity contribution in [3.8, 4) is 0 Å². The molecule has 0 radical (unpaired) electrons. The van der Waals surface area contributed by atoms with Crippen molar-refractivity contribution in [2.24, 2.45) is 0 Å². The van der Waals surface area contributed by atoms with Crippen LogP contribution < -0.4 is 56.7 Å². The Balaban J connectivity index is -0.000000220. The molecule has 0 aromatic carbocycles. The Morgan fingerprint density at radius 3 is 2.23 bits per heavy atom. The molecule has 0 saturated carbocycles. The third-order valence-corrected chi connectivity index (χ3v) is 1.71. The predicted molar refractivity (Wildman–Crippen MR) is 52.4 cm³/mol. The van der Waals surface area contributed by atoms with Crippen molar-refractivity contribution in [1.82, 2.24) is 5.32 Å². The first kappa shape index (κ1) is 19.7. The molecule has 0 aliphatic carbocycles. The van der Waals surface area contributed by atoms with Crippen LogP contribution in [-0.2, 0) is 4.79 Å². The van der Waals surface area contributed by atoms with Gasteiger partial charge in [-0.15, -0.1) is 6.58 Å². The van der Waals surface area contributed by atoms with E-state index in [9.17, 15) is 9.35 Å². The van der Waals surface area contributed by atoms with Gasteiger partial charge in [-0.25, -0.2) is 0 Å². The Morgan fingerprint density at radius 1 is 1.62 bits per heavy atom. The van der Waals surface area contributed by atoms with E-state index in [1.807, 2.05) is 6.92 Å². The van der Waals surface area contributed by atoms with E-state index >= 15 is 0 Å². The van der Waals surface area contributed by atoms with Crippen LogP contribution in [-0.4, -0.2) is 22.3 Å². The van der Waals surface area contributed by atoms with Crippen LogP contribution in [0.15, 0.2) is 12.7 Å². The summed E-state index contributed by atoms with van der Waals surface area (Å²) in [6.45, 7) is 8.85. The zero-order valence-corrected chi connectivity index (χ0v) is 12.7. The minimum absolute atomic E-state index is 0. The molecule has 3 nitrogen and oxygen atoms in total. The van der Waals surface area contributed by atoms with Gasteiger partial charge in [0.25, 0.3) is 0 Å². The first-order chi connectivity index (χ1) is 5.54. The van der Waals surface area contributed by atoms with E-state index in [2.05, 4.69) is 11.9 Å².